The smallest absolute Gasteiger partial charge is 0.255 e. The second-order valence-corrected chi connectivity index (χ2v) is 6.71. The number of carbonyl (C=O) groups excluding carboxylic acids is 1. The molecule has 1 aromatic heterocycles. The van der Waals surface area contributed by atoms with Crippen molar-refractivity contribution in [1.29, 1.82) is 0 Å². The number of fused-ring (bicyclic) bond motifs is 1. The topological polar surface area (TPSA) is 71.8 Å². The lowest BCUT2D eigenvalue weighted by atomic mass is 9.95. The molecule has 0 bridgehead atoms. The molecule has 27 heavy (non-hydrogen) atoms. The van der Waals surface area contributed by atoms with Crippen LogP contribution in [0.4, 0.5) is 11.6 Å². The van der Waals surface area contributed by atoms with E-state index in [1.54, 1.807) is 4.68 Å². The zero-order valence-corrected chi connectivity index (χ0v) is 15.5. The first-order valence-electron chi connectivity index (χ1n) is 8.86. The maximum absolute atomic E-state index is 13.3. The fourth-order valence-electron chi connectivity index (χ4n) is 3.40. The van der Waals surface area contributed by atoms with E-state index >= 15 is 0 Å². The van der Waals surface area contributed by atoms with Crippen LogP contribution in [-0.4, -0.2) is 20.7 Å². The number of hydrogen-bond donors (Lipinski definition) is 2. The molecule has 0 saturated heterocycles. The number of benzene rings is 2. The van der Waals surface area contributed by atoms with Gasteiger partial charge in [0, 0.05) is 11.4 Å². The van der Waals surface area contributed by atoms with E-state index in [1.165, 1.54) is 6.33 Å². The first kappa shape index (κ1) is 17.0. The van der Waals surface area contributed by atoms with Crippen LogP contribution in [-0.2, 0) is 4.79 Å². The van der Waals surface area contributed by atoms with Crippen LogP contribution in [0.1, 0.15) is 29.7 Å². The second kappa shape index (κ2) is 6.72. The number of anilines is 2. The van der Waals surface area contributed by atoms with Crippen LogP contribution < -0.4 is 10.6 Å². The van der Waals surface area contributed by atoms with Crippen molar-refractivity contribution in [2.45, 2.75) is 26.8 Å². The van der Waals surface area contributed by atoms with Crippen LogP contribution in [0.15, 0.2) is 66.1 Å². The Labute approximate surface area is 157 Å². The Kier molecular flexibility index (Phi) is 4.24. The van der Waals surface area contributed by atoms with E-state index in [9.17, 15) is 4.79 Å². The van der Waals surface area contributed by atoms with Crippen LogP contribution in [0.25, 0.3) is 0 Å². The van der Waals surface area contributed by atoms with Gasteiger partial charge in [-0.05, 0) is 43.5 Å². The summed E-state index contributed by atoms with van der Waals surface area (Å²) in [6.07, 6.45) is 1.50. The summed E-state index contributed by atoms with van der Waals surface area (Å²) in [5.41, 5.74) is 5.39. The minimum absolute atomic E-state index is 0.149. The Balaban J connectivity index is 1.77. The average Bonchev–Trinajstić information content (AvgIpc) is 3.13. The van der Waals surface area contributed by atoms with Crippen molar-refractivity contribution in [2.75, 3.05) is 10.6 Å². The molecule has 4 rings (SSSR count). The Morgan fingerprint density at radius 1 is 1.07 bits per heavy atom. The molecule has 3 aromatic rings. The van der Waals surface area contributed by atoms with Crippen LogP contribution in [0.3, 0.4) is 0 Å². The van der Waals surface area contributed by atoms with Crippen LogP contribution in [0, 0.1) is 13.8 Å². The first-order valence-corrected chi connectivity index (χ1v) is 8.86. The predicted octanol–water partition coefficient (Wildman–Crippen LogP) is 3.82. The molecule has 0 saturated carbocycles. The predicted molar refractivity (Wildman–Crippen MR) is 105 cm³/mol. The number of rotatable bonds is 3. The molecule has 6 heteroatoms. The molecule has 0 radical (unpaired) electrons. The number of carbonyl (C=O) groups is 1. The van der Waals surface area contributed by atoms with Gasteiger partial charge in [0.1, 0.15) is 12.4 Å². The van der Waals surface area contributed by atoms with Crippen molar-refractivity contribution in [3.63, 3.8) is 0 Å². The van der Waals surface area contributed by atoms with Gasteiger partial charge in [0.25, 0.3) is 5.91 Å². The molecule has 1 aliphatic rings. The van der Waals surface area contributed by atoms with Crippen molar-refractivity contribution in [3.8, 4) is 0 Å². The van der Waals surface area contributed by atoms with Crippen LogP contribution in [0.5, 0.6) is 0 Å². The molecule has 1 atom stereocenters. The summed E-state index contributed by atoms with van der Waals surface area (Å²) < 4.78 is 1.75. The fraction of sp³-hybridized carbons (Fsp3) is 0.190. The van der Waals surface area contributed by atoms with Crippen molar-refractivity contribution in [3.05, 3.63) is 82.8 Å². The summed E-state index contributed by atoms with van der Waals surface area (Å²) in [5.74, 6) is 0.480. The minimum Gasteiger partial charge on any atom is -0.328 e. The third kappa shape index (κ3) is 2.99. The van der Waals surface area contributed by atoms with Gasteiger partial charge in [-0.2, -0.15) is 10.1 Å². The molecule has 1 unspecified atom stereocenters. The Bertz CT molecular complexity index is 1040. The average molecular weight is 359 g/mol. The molecule has 0 spiro atoms. The molecule has 1 amide bonds. The molecule has 2 aromatic carbocycles. The van der Waals surface area contributed by atoms with E-state index in [-0.39, 0.29) is 11.9 Å². The lowest BCUT2D eigenvalue weighted by Crippen LogP contribution is -2.31. The fourth-order valence-corrected chi connectivity index (χ4v) is 3.40. The molecule has 6 nitrogen and oxygen atoms in total. The third-order valence-electron chi connectivity index (χ3n) is 5.01. The summed E-state index contributed by atoms with van der Waals surface area (Å²) in [5, 5.41) is 10.6. The van der Waals surface area contributed by atoms with Gasteiger partial charge in [-0.3, -0.25) is 4.79 Å². The number of hydrogen-bond acceptors (Lipinski definition) is 4. The van der Waals surface area contributed by atoms with Crippen LogP contribution in [0.2, 0.25) is 0 Å². The first-order chi connectivity index (χ1) is 13.1. The highest BCUT2D eigenvalue weighted by Gasteiger charge is 2.33. The van der Waals surface area contributed by atoms with Crippen molar-refractivity contribution in [1.82, 2.24) is 14.8 Å². The maximum Gasteiger partial charge on any atom is 0.255 e. The number of aromatic nitrogens is 3. The zero-order valence-electron chi connectivity index (χ0n) is 15.5. The number of nitrogens with zero attached hydrogens (tertiary/aromatic N) is 3. The molecule has 1 aliphatic heterocycles. The lowest BCUT2D eigenvalue weighted by molar-refractivity contribution is -0.113. The van der Waals surface area contributed by atoms with E-state index < -0.39 is 0 Å². The summed E-state index contributed by atoms with van der Waals surface area (Å²) in [7, 11) is 0. The van der Waals surface area contributed by atoms with Gasteiger partial charge in [-0.25, -0.2) is 4.68 Å². The van der Waals surface area contributed by atoms with E-state index in [4.69, 9.17) is 0 Å². The molecule has 0 aliphatic carbocycles. The van der Waals surface area contributed by atoms with Gasteiger partial charge in [0.05, 0.1) is 5.57 Å². The van der Waals surface area contributed by atoms with Crippen LogP contribution >= 0.6 is 0 Å². The third-order valence-corrected chi connectivity index (χ3v) is 5.01. The minimum atomic E-state index is -0.338. The lowest BCUT2D eigenvalue weighted by Gasteiger charge is -2.29. The molecule has 136 valence electrons. The second-order valence-electron chi connectivity index (χ2n) is 6.71. The molecule has 0 fully saturated rings. The maximum atomic E-state index is 13.3. The van der Waals surface area contributed by atoms with Gasteiger partial charge in [-0.15, -0.1) is 0 Å². The Morgan fingerprint density at radius 3 is 2.63 bits per heavy atom. The standard InChI is InChI=1S/C21H21N5O/c1-13-8-7-11-17(14(13)2)25-20(27)18-15(3)24-21-22-12-23-26(21)19(18)16-9-5-4-6-10-16/h4-12,19H,1-3H3,(H,25,27)(H,22,23,24). The van der Waals surface area contributed by atoms with Crippen molar-refractivity contribution >= 4 is 17.5 Å². The van der Waals surface area contributed by atoms with E-state index in [0.717, 1.165) is 28.1 Å². The van der Waals surface area contributed by atoms with Crippen molar-refractivity contribution < 1.29 is 4.79 Å². The van der Waals surface area contributed by atoms with Gasteiger partial charge in [0.15, 0.2) is 0 Å². The monoisotopic (exact) mass is 359 g/mol. The molecule has 2 heterocycles. The summed E-state index contributed by atoms with van der Waals surface area (Å²) >= 11 is 0. The Morgan fingerprint density at radius 2 is 1.85 bits per heavy atom. The van der Waals surface area contributed by atoms with Gasteiger partial charge < -0.3 is 10.6 Å². The Hall–Kier alpha value is -3.41. The number of amides is 1. The largest absolute Gasteiger partial charge is 0.328 e. The van der Waals surface area contributed by atoms with E-state index in [2.05, 4.69) is 20.7 Å². The highest BCUT2D eigenvalue weighted by molar-refractivity contribution is 6.06. The molecular weight excluding hydrogens is 338 g/mol. The zero-order chi connectivity index (χ0) is 19.0. The number of nitrogens with one attached hydrogen (secondary N) is 2. The summed E-state index contributed by atoms with van der Waals surface area (Å²) in [4.78, 5) is 17.5. The summed E-state index contributed by atoms with van der Waals surface area (Å²) in [6, 6.07) is 15.4. The highest BCUT2D eigenvalue weighted by Crippen LogP contribution is 2.35. The number of aryl methyl sites for hydroxylation is 1. The van der Waals surface area contributed by atoms with Crippen molar-refractivity contribution in [2.24, 2.45) is 0 Å². The summed E-state index contributed by atoms with van der Waals surface area (Å²) in [6.45, 7) is 5.94. The molecule has 2 N–H and O–H groups in total. The SMILES string of the molecule is CC1=C(C(=O)Nc2cccc(C)c2C)C(c2ccccc2)n2ncnc2N1. The van der Waals surface area contributed by atoms with Gasteiger partial charge in [0.2, 0.25) is 5.95 Å². The normalized spacial score (nSPS) is 15.9. The highest BCUT2D eigenvalue weighted by atomic mass is 16.1. The quantitative estimate of drug-likeness (QED) is 0.746. The van der Waals surface area contributed by atoms with E-state index in [1.807, 2.05) is 69.3 Å². The van der Waals surface area contributed by atoms with Gasteiger partial charge >= 0.3 is 0 Å². The van der Waals surface area contributed by atoms with Gasteiger partial charge in [-0.1, -0.05) is 42.5 Å². The van der Waals surface area contributed by atoms with E-state index in [0.29, 0.717) is 11.5 Å². The number of allylic oxidation sites excluding steroid dienone is 1. The molecular formula is C21H21N5O.